The Bertz CT molecular complexity index is 3360. The average Bonchev–Trinajstić information content (AvgIpc) is 4.21. The van der Waals surface area contributed by atoms with Crippen molar-refractivity contribution in [2.45, 2.75) is 82.3 Å². The number of ether oxygens (including phenoxy) is 5. The predicted molar refractivity (Wildman–Crippen MR) is 300 cm³/mol. The number of terminal acetylenes is 1. The van der Waals surface area contributed by atoms with Crippen LogP contribution in [0.4, 0.5) is 25.1 Å². The molecule has 21 heteroatoms. The van der Waals surface area contributed by atoms with Gasteiger partial charge in [-0.2, -0.15) is 9.97 Å². The van der Waals surface area contributed by atoms with Crippen LogP contribution in [0.3, 0.4) is 0 Å². The van der Waals surface area contributed by atoms with E-state index in [1.807, 2.05) is 0 Å². The second-order valence-electron chi connectivity index (χ2n) is 22.4. The lowest BCUT2D eigenvalue weighted by molar-refractivity contribution is -0.136. The van der Waals surface area contributed by atoms with Crippen molar-refractivity contribution >= 4 is 62.9 Å². The lowest BCUT2D eigenvalue weighted by Gasteiger charge is -2.35. The number of hydrogen-bond donors (Lipinski definition) is 3. The van der Waals surface area contributed by atoms with Gasteiger partial charge >= 0.3 is 12.1 Å². The van der Waals surface area contributed by atoms with Crippen molar-refractivity contribution in [3.63, 3.8) is 0 Å². The summed E-state index contributed by atoms with van der Waals surface area (Å²) >= 11 is 0. The molecule has 2 saturated carbocycles. The van der Waals surface area contributed by atoms with E-state index in [-0.39, 0.29) is 82.7 Å². The number of nitrogens with zero attached hydrogens (tertiary/aromatic N) is 6. The fourth-order valence-electron chi connectivity index (χ4n) is 12.9. The minimum atomic E-state index is -1.04. The summed E-state index contributed by atoms with van der Waals surface area (Å²) in [6, 6.07) is 12.7. The summed E-state index contributed by atoms with van der Waals surface area (Å²) in [7, 11) is 1.68. The van der Waals surface area contributed by atoms with Crippen LogP contribution in [0.25, 0.3) is 32.9 Å². The molecule has 2 aliphatic carbocycles. The Morgan fingerprint density at radius 1 is 0.902 bits per heavy atom. The van der Waals surface area contributed by atoms with Gasteiger partial charge in [-0.05, 0) is 93.2 Å². The SMILES string of the molecule is C#Cc1c(F)ccc2cccc(-c3ncc4c(N5CC6CCC(C5)N6)nc(OC[C@@]56CC[C@@H](COC(=O)N(C)CCOCCOCCOCCNc7cccc8c7C(=O)N(C7CCC(=O)NC7=O)C8=O)CCC5CC(=C)C6)nc4c3F)c12. The van der Waals surface area contributed by atoms with Crippen molar-refractivity contribution in [1.82, 2.24) is 35.4 Å². The van der Waals surface area contributed by atoms with Gasteiger partial charge in [0.1, 0.15) is 28.9 Å². The standard InChI is InChI=1S/C61H67F2N9O10/c1-4-42-46(62)16-12-38-7-5-8-43(50(38)42)53-52(63)54-45(31-65-53)55(71-32-40-14-15-41(33-71)66-40)69-59(68-54)82-35-61-20-19-37(11-13-39(61)29-36(2)30-61)34-81-60(77)70(3)22-24-79-26-28-80-27-25-78-23-21-64-47-10-6-9-44-51(47)58(76)72(57(44)75)48-17-18-49(73)67-56(48)74/h1,5-10,12,16,31,37,39-41,48,64,66H,2,11,13-15,17-30,32-35H2,3H3,(H,67,73,74)/t37-,39?,40?,41?,48?,61-/m0/s1. The average molecular weight is 1120 g/mol. The van der Waals surface area contributed by atoms with E-state index in [9.17, 15) is 24.0 Å². The van der Waals surface area contributed by atoms with Gasteiger partial charge in [-0.1, -0.05) is 48.4 Å². The van der Waals surface area contributed by atoms with Crippen LogP contribution in [0.1, 0.15) is 90.5 Å². The number of fused-ring (bicyclic) bond motifs is 6. The number of halogens is 2. The maximum atomic E-state index is 17.3. The molecule has 0 radical (unpaired) electrons. The van der Waals surface area contributed by atoms with E-state index >= 15 is 8.78 Å². The first-order valence-corrected chi connectivity index (χ1v) is 28.3. The van der Waals surface area contributed by atoms with Crippen LogP contribution in [0.15, 0.2) is 66.9 Å². The predicted octanol–water partition coefficient (Wildman–Crippen LogP) is 7.20. The molecule has 3 N–H and O–H groups in total. The van der Waals surface area contributed by atoms with Gasteiger partial charge in [0.2, 0.25) is 11.8 Å². The number of hydrogen-bond acceptors (Lipinski definition) is 16. The summed E-state index contributed by atoms with van der Waals surface area (Å²) in [5.74, 6) is -0.0485. The van der Waals surface area contributed by atoms with Gasteiger partial charge in [-0.15, -0.1) is 6.42 Å². The zero-order chi connectivity index (χ0) is 57.1. The van der Waals surface area contributed by atoms with Crippen molar-refractivity contribution < 1.29 is 56.4 Å². The number of nitrogens with one attached hydrogen (secondary N) is 3. The quantitative estimate of drug-likeness (QED) is 0.0287. The summed E-state index contributed by atoms with van der Waals surface area (Å²) < 4.78 is 61.9. The number of aromatic nitrogens is 3. The molecule has 82 heavy (non-hydrogen) atoms. The fraction of sp³-hybridized carbons (Fsp3) is 0.475. The Hall–Kier alpha value is -7.64. The molecule has 2 bridgehead atoms. The number of likely N-dealkylation sites (N-methyl/N-ethyl adjacent to an activating group) is 1. The van der Waals surface area contributed by atoms with Gasteiger partial charge in [-0.25, -0.2) is 13.6 Å². The molecule has 3 saturated heterocycles. The van der Waals surface area contributed by atoms with Gasteiger partial charge in [0.25, 0.3) is 11.8 Å². The molecule has 4 unspecified atom stereocenters. The van der Waals surface area contributed by atoms with Crippen LogP contribution < -0.4 is 25.6 Å². The monoisotopic (exact) mass is 1120 g/mol. The topological polar surface area (TPSA) is 216 Å². The van der Waals surface area contributed by atoms with Crippen LogP contribution in [0, 0.1) is 41.2 Å². The number of carbonyl (C=O) groups excluding carboxylic acids is 5. The third-order valence-electron chi connectivity index (χ3n) is 17.1. The normalized spacial score (nSPS) is 23.2. The Morgan fingerprint density at radius 2 is 1.66 bits per heavy atom. The lowest BCUT2D eigenvalue weighted by atomic mass is 9.75. The number of amides is 5. The smallest absolute Gasteiger partial charge is 0.409 e. The zero-order valence-electron chi connectivity index (χ0n) is 45.9. The van der Waals surface area contributed by atoms with Crippen LogP contribution in [-0.4, -0.2) is 159 Å². The molecule has 11 rings (SSSR count). The van der Waals surface area contributed by atoms with Crippen LogP contribution in [-0.2, 0) is 28.5 Å². The molecule has 5 amide bonds. The molecular weight excluding hydrogens is 1060 g/mol. The zero-order valence-corrected chi connectivity index (χ0v) is 45.9. The minimum Gasteiger partial charge on any atom is -0.463 e. The molecule has 0 spiro atoms. The molecule has 430 valence electrons. The van der Waals surface area contributed by atoms with E-state index in [1.54, 1.807) is 55.7 Å². The Morgan fingerprint density at radius 3 is 2.44 bits per heavy atom. The number of anilines is 2. The highest BCUT2D eigenvalue weighted by Gasteiger charge is 2.48. The molecule has 6 atom stereocenters. The first-order valence-electron chi connectivity index (χ1n) is 28.3. The maximum absolute atomic E-state index is 17.3. The van der Waals surface area contributed by atoms with Gasteiger partial charge in [-0.3, -0.25) is 34.4 Å². The van der Waals surface area contributed by atoms with Crippen molar-refractivity contribution in [3.05, 3.63) is 95.2 Å². The number of imide groups is 2. The second-order valence-corrected chi connectivity index (χ2v) is 22.4. The number of allylic oxidation sites excluding steroid dienone is 1. The van der Waals surface area contributed by atoms with Crippen LogP contribution >= 0.6 is 0 Å². The Kier molecular flexibility index (Phi) is 16.8. The van der Waals surface area contributed by atoms with E-state index < -0.39 is 47.4 Å². The third kappa shape index (κ3) is 11.6. The number of carbonyl (C=O) groups is 5. The lowest BCUT2D eigenvalue weighted by Crippen LogP contribution is -2.54. The second kappa shape index (κ2) is 24.4. The van der Waals surface area contributed by atoms with Crippen LogP contribution in [0.5, 0.6) is 6.01 Å². The molecule has 2 aromatic heterocycles. The van der Waals surface area contributed by atoms with Gasteiger partial charge < -0.3 is 44.1 Å². The van der Waals surface area contributed by atoms with Crippen molar-refractivity contribution in [1.29, 1.82) is 0 Å². The largest absolute Gasteiger partial charge is 0.463 e. The highest BCUT2D eigenvalue weighted by Crippen LogP contribution is 2.54. The van der Waals surface area contributed by atoms with Crippen molar-refractivity contribution in [2.75, 3.05) is 96.3 Å². The number of piperidine rings is 1. The molecule has 4 aliphatic heterocycles. The maximum Gasteiger partial charge on any atom is 0.409 e. The highest BCUT2D eigenvalue weighted by molar-refractivity contribution is 6.25. The van der Waals surface area contributed by atoms with E-state index in [4.69, 9.17) is 40.1 Å². The fourth-order valence-corrected chi connectivity index (χ4v) is 12.9. The Labute approximate surface area is 473 Å². The molecule has 6 heterocycles. The molecule has 6 aliphatic rings. The molecule has 19 nitrogen and oxygen atoms in total. The van der Waals surface area contributed by atoms with E-state index in [2.05, 4.69) is 38.3 Å². The van der Waals surface area contributed by atoms with E-state index in [0.29, 0.717) is 106 Å². The number of pyridine rings is 1. The summed E-state index contributed by atoms with van der Waals surface area (Å²) in [6.07, 6.45) is 14.2. The molecular formula is C61H67F2N9O10. The van der Waals surface area contributed by atoms with Gasteiger partial charge in [0.15, 0.2) is 5.82 Å². The molecule has 5 aromatic rings. The number of benzene rings is 3. The van der Waals surface area contributed by atoms with E-state index in [1.165, 1.54) is 11.0 Å². The summed E-state index contributed by atoms with van der Waals surface area (Å²) in [4.78, 5) is 82.7. The van der Waals surface area contributed by atoms with Gasteiger partial charge in [0.05, 0.1) is 74.9 Å². The summed E-state index contributed by atoms with van der Waals surface area (Å²) in [5.41, 5.74) is 2.19. The van der Waals surface area contributed by atoms with E-state index in [0.717, 1.165) is 61.8 Å². The first kappa shape index (κ1) is 56.2. The minimum absolute atomic E-state index is 0.00338. The summed E-state index contributed by atoms with van der Waals surface area (Å²) in [5, 5.41) is 10.5. The summed E-state index contributed by atoms with van der Waals surface area (Å²) in [6.45, 7) is 8.90. The number of piperazine rings is 1. The number of rotatable bonds is 21. The van der Waals surface area contributed by atoms with Crippen molar-refractivity contribution in [3.8, 4) is 29.6 Å². The van der Waals surface area contributed by atoms with Crippen LogP contribution in [0.2, 0.25) is 0 Å². The molecule has 5 fully saturated rings. The molecule has 3 aromatic carbocycles. The van der Waals surface area contributed by atoms with Gasteiger partial charge in [0, 0.05) is 80.0 Å². The Balaban J connectivity index is 0.626. The third-order valence-corrected chi connectivity index (χ3v) is 17.1. The van der Waals surface area contributed by atoms with Crippen molar-refractivity contribution in [2.24, 2.45) is 17.3 Å². The highest BCUT2D eigenvalue weighted by atomic mass is 19.1. The first-order chi connectivity index (χ1) is 39.8.